The van der Waals surface area contributed by atoms with E-state index in [4.69, 9.17) is 23.2 Å². The van der Waals surface area contributed by atoms with E-state index in [1.807, 2.05) is 6.07 Å². The number of benzene rings is 1. The van der Waals surface area contributed by atoms with Gasteiger partial charge in [-0.3, -0.25) is 0 Å². The molecular formula is C15H17Cl2NS. The average Bonchev–Trinajstić information content (AvgIpc) is 2.69. The summed E-state index contributed by atoms with van der Waals surface area (Å²) in [6.07, 6.45) is 0. The maximum Gasteiger partial charge on any atom is 0.0991 e. The number of rotatable bonds is 4. The van der Waals surface area contributed by atoms with Gasteiger partial charge < -0.3 is 5.32 Å². The minimum Gasteiger partial charge on any atom is -0.304 e. The van der Waals surface area contributed by atoms with Crippen LogP contribution in [0.15, 0.2) is 30.3 Å². The van der Waals surface area contributed by atoms with Crippen molar-refractivity contribution in [1.82, 2.24) is 5.32 Å². The summed E-state index contributed by atoms with van der Waals surface area (Å²) in [5, 5.41) is 3.55. The molecular weight excluding hydrogens is 297 g/mol. The molecule has 0 spiro atoms. The van der Waals surface area contributed by atoms with E-state index < -0.39 is 0 Å². The Morgan fingerprint density at radius 2 is 1.68 bits per heavy atom. The van der Waals surface area contributed by atoms with Crippen molar-refractivity contribution in [2.24, 2.45) is 0 Å². The van der Waals surface area contributed by atoms with Crippen molar-refractivity contribution in [3.05, 3.63) is 55.7 Å². The Morgan fingerprint density at radius 3 is 2.21 bits per heavy atom. The minimum atomic E-state index is 0.174. The first-order valence-electron chi connectivity index (χ1n) is 6.24. The Balaban J connectivity index is 2.08. The number of thiophene rings is 1. The Hall–Kier alpha value is -0.540. The van der Waals surface area contributed by atoms with E-state index >= 15 is 0 Å². The molecule has 19 heavy (non-hydrogen) atoms. The van der Waals surface area contributed by atoms with E-state index in [1.54, 1.807) is 0 Å². The molecule has 1 aromatic heterocycles. The van der Waals surface area contributed by atoms with Gasteiger partial charge in [-0.1, -0.05) is 53.0 Å². The fourth-order valence-corrected chi connectivity index (χ4v) is 3.71. The quantitative estimate of drug-likeness (QED) is 0.755. The van der Waals surface area contributed by atoms with Crippen LogP contribution in [0.2, 0.25) is 8.67 Å². The van der Waals surface area contributed by atoms with E-state index in [0.717, 1.165) is 14.2 Å². The first kappa shape index (κ1) is 14.9. The molecule has 1 aromatic carbocycles. The van der Waals surface area contributed by atoms with Gasteiger partial charge in [-0.25, -0.2) is 0 Å². The third-order valence-corrected chi connectivity index (χ3v) is 4.74. The number of halogens is 2. The van der Waals surface area contributed by atoms with Crippen LogP contribution in [0.3, 0.4) is 0 Å². The van der Waals surface area contributed by atoms with Gasteiger partial charge in [0.15, 0.2) is 0 Å². The van der Waals surface area contributed by atoms with Gasteiger partial charge in [0.1, 0.15) is 0 Å². The van der Waals surface area contributed by atoms with E-state index in [1.165, 1.54) is 22.5 Å². The van der Waals surface area contributed by atoms with Crippen LogP contribution in [0, 0.1) is 6.92 Å². The SMILES string of the molecule is Cc1ccc([C@H](C)NC(C)c2cc(Cl)sc2Cl)cc1. The van der Waals surface area contributed by atoms with E-state index in [2.05, 4.69) is 50.4 Å². The van der Waals surface area contributed by atoms with E-state index in [9.17, 15) is 0 Å². The molecule has 0 aliphatic rings. The summed E-state index contributed by atoms with van der Waals surface area (Å²) in [6.45, 7) is 6.36. The summed E-state index contributed by atoms with van der Waals surface area (Å²) >= 11 is 13.6. The van der Waals surface area contributed by atoms with Crippen LogP contribution in [0.5, 0.6) is 0 Å². The maximum absolute atomic E-state index is 6.18. The van der Waals surface area contributed by atoms with Crippen LogP contribution in [0.25, 0.3) is 0 Å². The molecule has 0 saturated heterocycles. The van der Waals surface area contributed by atoms with Gasteiger partial charge in [0.2, 0.25) is 0 Å². The van der Waals surface area contributed by atoms with Crippen molar-refractivity contribution < 1.29 is 0 Å². The van der Waals surface area contributed by atoms with Crippen LogP contribution in [0.1, 0.15) is 42.6 Å². The Morgan fingerprint density at radius 1 is 1.05 bits per heavy atom. The fraction of sp³-hybridized carbons (Fsp3) is 0.333. The molecule has 1 nitrogen and oxygen atoms in total. The molecule has 102 valence electrons. The molecule has 0 radical (unpaired) electrons. The second-order valence-electron chi connectivity index (χ2n) is 4.80. The summed E-state index contributed by atoms with van der Waals surface area (Å²) in [5.74, 6) is 0. The predicted octanol–water partition coefficient (Wildman–Crippen LogP) is 5.78. The summed E-state index contributed by atoms with van der Waals surface area (Å²) < 4.78 is 1.50. The van der Waals surface area contributed by atoms with Gasteiger partial charge in [-0.2, -0.15) is 0 Å². The summed E-state index contributed by atoms with van der Waals surface area (Å²) in [6, 6.07) is 11.0. The number of hydrogen-bond acceptors (Lipinski definition) is 2. The van der Waals surface area contributed by atoms with Gasteiger partial charge in [0.25, 0.3) is 0 Å². The van der Waals surface area contributed by atoms with Gasteiger partial charge in [0.05, 0.1) is 8.67 Å². The Kier molecular flexibility index (Phi) is 4.91. The highest BCUT2D eigenvalue weighted by atomic mass is 35.5. The lowest BCUT2D eigenvalue weighted by molar-refractivity contribution is 0.495. The standard InChI is InChI=1S/C15H17Cl2NS/c1-9-4-6-12(7-5-9)10(2)18-11(3)13-8-14(16)19-15(13)17/h4-8,10-11,18H,1-3H3/t10-,11?/m0/s1. The van der Waals surface area contributed by atoms with Crippen LogP contribution in [0.4, 0.5) is 0 Å². The fourth-order valence-electron chi connectivity index (χ4n) is 2.06. The van der Waals surface area contributed by atoms with Gasteiger partial charge >= 0.3 is 0 Å². The minimum absolute atomic E-state index is 0.174. The lowest BCUT2D eigenvalue weighted by Crippen LogP contribution is -2.22. The lowest BCUT2D eigenvalue weighted by atomic mass is 10.0. The molecule has 1 N–H and O–H groups in total. The highest BCUT2D eigenvalue weighted by Crippen LogP contribution is 2.35. The zero-order valence-electron chi connectivity index (χ0n) is 11.2. The van der Waals surface area contributed by atoms with Crippen molar-refractivity contribution in [1.29, 1.82) is 0 Å². The molecule has 0 fully saturated rings. The third-order valence-electron chi connectivity index (χ3n) is 3.23. The number of hydrogen-bond donors (Lipinski definition) is 1. The van der Waals surface area contributed by atoms with Crippen molar-refractivity contribution in [3.63, 3.8) is 0 Å². The molecule has 0 bridgehead atoms. The smallest absolute Gasteiger partial charge is 0.0991 e. The van der Waals surface area contributed by atoms with Crippen LogP contribution in [-0.4, -0.2) is 0 Å². The first-order valence-corrected chi connectivity index (χ1v) is 7.82. The van der Waals surface area contributed by atoms with Crippen molar-refractivity contribution in [3.8, 4) is 0 Å². The van der Waals surface area contributed by atoms with Gasteiger partial charge in [0, 0.05) is 12.1 Å². The third kappa shape index (κ3) is 3.73. The van der Waals surface area contributed by atoms with Gasteiger partial charge in [-0.15, -0.1) is 11.3 Å². The van der Waals surface area contributed by atoms with Crippen LogP contribution in [-0.2, 0) is 0 Å². The molecule has 2 rings (SSSR count). The normalized spacial score (nSPS) is 14.4. The molecule has 0 saturated carbocycles. The zero-order valence-corrected chi connectivity index (χ0v) is 13.5. The predicted molar refractivity (Wildman–Crippen MR) is 85.5 cm³/mol. The lowest BCUT2D eigenvalue weighted by Gasteiger charge is -2.20. The molecule has 0 amide bonds. The molecule has 2 aromatic rings. The molecule has 2 atom stereocenters. The topological polar surface area (TPSA) is 12.0 Å². The molecule has 0 aliphatic carbocycles. The Labute approximate surface area is 128 Å². The largest absolute Gasteiger partial charge is 0.304 e. The van der Waals surface area contributed by atoms with Crippen molar-refractivity contribution in [2.75, 3.05) is 0 Å². The average molecular weight is 314 g/mol. The Bertz CT molecular complexity index is 548. The van der Waals surface area contributed by atoms with Crippen molar-refractivity contribution in [2.45, 2.75) is 32.9 Å². The number of aryl methyl sites for hydroxylation is 1. The van der Waals surface area contributed by atoms with Gasteiger partial charge in [-0.05, 0) is 38.0 Å². The molecule has 1 heterocycles. The van der Waals surface area contributed by atoms with Crippen LogP contribution < -0.4 is 5.32 Å². The summed E-state index contributed by atoms with van der Waals surface area (Å²) in [4.78, 5) is 0. The highest BCUT2D eigenvalue weighted by Gasteiger charge is 2.16. The highest BCUT2D eigenvalue weighted by molar-refractivity contribution is 7.20. The maximum atomic E-state index is 6.18. The second kappa shape index (κ2) is 6.27. The van der Waals surface area contributed by atoms with Crippen LogP contribution >= 0.6 is 34.5 Å². The summed E-state index contributed by atoms with van der Waals surface area (Å²) in [7, 11) is 0. The molecule has 1 unspecified atom stereocenters. The first-order chi connectivity index (χ1) is 8.97. The van der Waals surface area contributed by atoms with Crippen molar-refractivity contribution >= 4 is 34.5 Å². The van der Waals surface area contributed by atoms with E-state index in [-0.39, 0.29) is 12.1 Å². The molecule has 0 aliphatic heterocycles. The monoisotopic (exact) mass is 313 g/mol. The number of nitrogens with one attached hydrogen (secondary N) is 1. The zero-order chi connectivity index (χ0) is 14.0. The second-order valence-corrected chi connectivity index (χ2v) is 7.09. The molecule has 4 heteroatoms. The summed E-state index contributed by atoms with van der Waals surface area (Å²) in [5.41, 5.74) is 3.61. The van der Waals surface area contributed by atoms with E-state index in [0.29, 0.717) is 0 Å².